The highest BCUT2D eigenvalue weighted by atomic mass is 16.5. The quantitative estimate of drug-likeness (QED) is 0.530. The number of hydrogen-bond donors (Lipinski definition) is 0. The number of carbonyl (C=O) groups excluding carboxylic acids is 2. The van der Waals surface area contributed by atoms with E-state index < -0.39 is 0 Å². The van der Waals surface area contributed by atoms with E-state index in [0.29, 0.717) is 31.4 Å². The number of aryl methyl sites for hydroxylation is 1. The summed E-state index contributed by atoms with van der Waals surface area (Å²) in [7, 11) is 0. The van der Waals surface area contributed by atoms with E-state index in [1.54, 1.807) is 0 Å². The van der Waals surface area contributed by atoms with Gasteiger partial charge in [0.2, 0.25) is 5.91 Å². The Balaban J connectivity index is 1.14. The minimum absolute atomic E-state index is 0.00639. The molecule has 188 valence electrons. The first-order chi connectivity index (χ1) is 17.1. The minimum Gasteiger partial charge on any atom is -0.494 e. The Morgan fingerprint density at radius 1 is 0.800 bits per heavy atom. The number of benzene rings is 2. The van der Waals surface area contributed by atoms with Gasteiger partial charge >= 0.3 is 0 Å². The number of para-hydroxylation sites is 1. The van der Waals surface area contributed by atoms with Gasteiger partial charge in [0.15, 0.2) is 6.61 Å². The fourth-order valence-corrected chi connectivity index (χ4v) is 5.12. The summed E-state index contributed by atoms with van der Waals surface area (Å²) in [6.07, 6.45) is 5.89. The van der Waals surface area contributed by atoms with Gasteiger partial charge in [0.05, 0.1) is 6.61 Å². The second-order valence-corrected chi connectivity index (χ2v) is 9.64. The summed E-state index contributed by atoms with van der Waals surface area (Å²) in [6, 6.07) is 17.8. The van der Waals surface area contributed by atoms with Crippen LogP contribution in [0.2, 0.25) is 0 Å². The topological polar surface area (TPSA) is 59.1 Å². The van der Waals surface area contributed by atoms with Crippen LogP contribution < -0.4 is 9.47 Å². The SMILES string of the molecule is CCOc1ccc(CCC2CCN(C(=O)C3CCN(C(=O)COc4ccccc4)CC3)CC2)cc1. The molecule has 0 saturated carbocycles. The molecule has 0 aromatic heterocycles. The van der Waals surface area contributed by atoms with Gasteiger partial charge in [-0.1, -0.05) is 30.3 Å². The van der Waals surface area contributed by atoms with Crippen molar-refractivity contribution in [3.8, 4) is 11.5 Å². The van der Waals surface area contributed by atoms with E-state index in [4.69, 9.17) is 9.47 Å². The molecule has 6 heteroatoms. The van der Waals surface area contributed by atoms with Crippen molar-refractivity contribution in [2.75, 3.05) is 39.4 Å². The van der Waals surface area contributed by atoms with Gasteiger partial charge in [-0.25, -0.2) is 0 Å². The van der Waals surface area contributed by atoms with Crippen molar-refractivity contribution in [2.24, 2.45) is 11.8 Å². The molecule has 2 aromatic rings. The Labute approximate surface area is 209 Å². The van der Waals surface area contributed by atoms with E-state index in [1.807, 2.05) is 42.2 Å². The van der Waals surface area contributed by atoms with Crippen molar-refractivity contribution < 1.29 is 19.1 Å². The average Bonchev–Trinajstić information content (AvgIpc) is 2.92. The maximum Gasteiger partial charge on any atom is 0.260 e. The van der Waals surface area contributed by atoms with Crippen LogP contribution in [-0.4, -0.2) is 61.0 Å². The lowest BCUT2D eigenvalue weighted by Gasteiger charge is -2.37. The molecule has 35 heavy (non-hydrogen) atoms. The van der Waals surface area contributed by atoms with Gasteiger partial charge < -0.3 is 19.3 Å². The Hall–Kier alpha value is -3.02. The largest absolute Gasteiger partial charge is 0.494 e. The predicted molar refractivity (Wildman–Crippen MR) is 136 cm³/mol. The zero-order chi connectivity index (χ0) is 24.5. The van der Waals surface area contributed by atoms with Gasteiger partial charge in [0, 0.05) is 32.1 Å². The lowest BCUT2D eigenvalue weighted by molar-refractivity contribution is -0.142. The maximum absolute atomic E-state index is 13.1. The van der Waals surface area contributed by atoms with Gasteiger partial charge in [0.1, 0.15) is 11.5 Å². The zero-order valence-electron chi connectivity index (χ0n) is 20.9. The van der Waals surface area contributed by atoms with Crippen molar-refractivity contribution in [1.82, 2.24) is 9.80 Å². The zero-order valence-corrected chi connectivity index (χ0v) is 20.9. The Morgan fingerprint density at radius 3 is 2.09 bits per heavy atom. The summed E-state index contributed by atoms with van der Waals surface area (Å²) >= 11 is 0. The number of ether oxygens (including phenoxy) is 2. The molecule has 2 fully saturated rings. The van der Waals surface area contributed by atoms with Crippen LogP contribution in [0.5, 0.6) is 11.5 Å². The molecule has 0 spiro atoms. The Kier molecular flexibility index (Phi) is 9.04. The van der Waals surface area contributed by atoms with Crippen molar-refractivity contribution in [3.05, 3.63) is 60.2 Å². The first kappa shape index (κ1) is 25.1. The Bertz CT molecular complexity index is 931. The lowest BCUT2D eigenvalue weighted by Crippen LogP contribution is -2.47. The summed E-state index contributed by atoms with van der Waals surface area (Å²) in [6.45, 7) is 5.72. The molecule has 4 rings (SSSR count). The number of hydrogen-bond acceptors (Lipinski definition) is 4. The van der Waals surface area contributed by atoms with Crippen molar-refractivity contribution in [2.45, 2.75) is 45.4 Å². The summed E-state index contributed by atoms with van der Waals surface area (Å²) in [5, 5.41) is 0. The molecule has 0 atom stereocenters. The van der Waals surface area contributed by atoms with Crippen molar-refractivity contribution in [1.29, 1.82) is 0 Å². The van der Waals surface area contributed by atoms with E-state index in [9.17, 15) is 9.59 Å². The number of piperidine rings is 2. The second-order valence-electron chi connectivity index (χ2n) is 9.64. The third kappa shape index (κ3) is 7.23. The summed E-state index contributed by atoms with van der Waals surface area (Å²) in [5.74, 6) is 2.62. The predicted octanol–water partition coefficient (Wildman–Crippen LogP) is 4.57. The number of nitrogens with zero attached hydrogens (tertiary/aromatic N) is 2. The van der Waals surface area contributed by atoms with E-state index in [1.165, 1.54) is 12.0 Å². The first-order valence-corrected chi connectivity index (χ1v) is 13.1. The van der Waals surface area contributed by atoms with Crippen LogP contribution in [0.3, 0.4) is 0 Å². The van der Waals surface area contributed by atoms with Crippen molar-refractivity contribution in [3.63, 3.8) is 0 Å². The molecule has 2 aliphatic rings. The number of carbonyl (C=O) groups is 2. The fourth-order valence-electron chi connectivity index (χ4n) is 5.12. The van der Waals surface area contributed by atoms with Crippen LogP contribution in [-0.2, 0) is 16.0 Å². The van der Waals surface area contributed by atoms with Crippen LogP contribution in [0, 0.1) is 11.8 Å². The molecule has 2 aliphatic heterocycles. The van der Waals surface area contributed by atoms with E-state index in [0.717, 1.165) is 50.9 Å². The molecule has 0 unspecified atom stereocenters. The molecule has 2 aromatic carbocycles. The Morgan fingerprint density at radius 2 is 1.43 bits per heavy atom. The second kappa shape index (κ2) is 12.6. The maximum atomic E-state index is 13.1. The molecule has 6 nitrogen and oxygen atoms in total. The summed E-state index contributed by atoms with van der Waals surface area (Å²) in [5.41, 5.74) is 1.35. The number of likely N-dealkylation sites (tertiary alicyclic amines) is 2. The highest BCUT2D eigenvalue weighted by molar-refractivity contribution is 5.80. The first-order valence-electron chi connectivity index (χ1n) is 13.1. The minimum atomic E-state index is -0.00639. The molecular weight excluding hydrogens is 440 g/mol. The molecule has 2 heterocycles. The summed E-state index contributed by atoms with van der Waals surface area (Å²) in [4.78, 5) is 29.5. The van der Waals surface area contributed by atoms with Crippen molar-refractivity contribution >= 4 is 11.8 Å². The molecule has 0 N–H and O–H groups in total. The number of amides is 2. The van der Waals surface area contributed by atoms with E-state index in [2.05, 4.69) is 29.2 Å². The molecule has 0 bridgehead atoms. The van der Waals surface area contributed by atoms with Crippen LogP contribution in [0.1, 0.15) is 44.6 Å². The molecule has 0 radical (unpaired) electrons. The van der Waals surface area contributed by atoms with Gasteiger partial charge in [-0.2, -0.15) is 0 Å². The number of rotatable bonds is 9. The van der Waals surface area contributed by atoms with E-state index >= 15 is 0 Å². The van der Waals surface area contributed by atoms with Gasteiger partial charge in [-0.15, -0.1) is 0 Å². The normalized spacial score (nSPS) is 17.3. The van der Waals surface area contributed by atoms with Gasteiger partial charge in [-0.3, -0.25) is 9.59 Å². The highest BCUT2D eigenvalue weighted by Gasteiger charge is 2.32. The molecule has 2 saturated heterocycles. The average molecular weight is 479 g/mol. The molecular formula is C29H38N2O4. The van der Waals surface area contributed by atoms with Crippen LogP contribution >= 0.6 is 0 Å². The van der Waals surface area contributed by atoms with Gasteiger partial charge in [-0.05, 0) is 81.2 Å². The van der Waals surface area contributed by atoms with Crippen LogP contribution in [0.4, 0.5) is 0 Å². The van der Waals surface area contributed by atoms with Gasteiger partial charge in [0.25, 0.3) is 5.91 Å². The smallest absolute Gasteiger partial charge is 0.260 e. The molecule has 0 aliphatic carbocycles. The third-order valence-corrected chi connectivity index (χ3v) is 7.30. The van der Waals surface area contributed by atoms with Crippen LogP contribution in [0.25, 0.3) is 0 Å². The molecule has 2 amide bonds. The van der Waals surface area contributed by atoms with Crippen LogP contribution in [0.15, 0.2) is 54.6 Å². The fraction of sp³-hybridized carbons (Fsp3) is 0.517. The summed E-state index contributed by atoms with van der Waals surface area (Å²) < 4.78 is 11.1. The third-order valence-electron chi connectivity index (χ3n) is 7.30. The lowest BCUT2D eigenvalue weighted by atomic mass is 9.89. The van der Waals surface area contributed by atoms with E-state index in [-0.39, 0.29) is 24.3 Å². The monoisotopic (exact) mass is 478 g/mol. The standard InChI is InChI=1S/C29H38N2O4/c1-2-34-27-12-10-23(11-13-27)8-9-24-14-18-31(19-15-24)29(33)25-16-20-30(21-17-25)28(32)22-35-26-6-4-3-5-7-26/h3-7,10-13,24-25H,2,8-9,14-22H2,1H3. The highest BCUT2D eigenvalue weighted by Crippen LogP contribution is 2.27.